The standard InChI is InChI=1S/C21H16N2S/c22-16-9-10-17-15(12-16)7-6-13-8-11-18-20(19(13)17)23-21(24-18)14-4-2-1-3-5-14/h1-12,21,23H,22H2. The number of thioether (sulfide) groups is 1. The molecule has 5 rings (SSSR count). The highest BCUT2D eigenvalue weighted by molar-refractivity contribution is 8.00. The van der Waals surface area contributed by atoms with Crippen molar-refractivity contribution in [2.75, 3.05) is 11.1 Å². The molecule has 116 valence electrons. The average Bonchev–Trinajstić information content (AvgIpc) is 3.06. The zero-order valence-corrected chi connectivity index (χ0v) is 13.8. The second-order valence-corrected chi connectivity index (χ2v) is 7.28. The van der Waals surface area contributed by atoms with E-state index in [9.17, 15) is 0 Å². The summed E-state index contributed by atoms with van der Waals surface area (Å²) in [5.74, 6) is 0. The molecule has 0 aliphatic carbocycles. The maximum absolute atomic E-state index is 5.96. The summed E-state index contributed by atoms with van der Waals surface area (Å²) in [5.41, 5.74) is 9.30. The van der Waals surface area contributed by atoms with Crippen LogP contribution >= 0.6 is 11.8 Å². The molecule has 0 radical (unpaired) electrons. The summed E-state index contributed by atoms with van der Waals surface area (Å²) in [4.78, 5) is 1.31. The van der Waals surface area contributed by atoms with Crippen molar-refractivity contribution in [3.05, 3.63) is 78.4 Å². The molecule has 0 spiro atoms. The van der Waals surface area contributed by atoms with Crippen molar-refractivity contribution in [2.24, 2.45) is 0 Å². The van der Waals surface area contributed by atoms with E-state index in [1.165, 1.54) is 37.7 Å². The molecule has 0 saturated carbocycles. The Bertz CT molecular complexity index is 1070. The fraction of sp³-hybridized carbons (Fsp3) is 0.0476. The number of benzene rings is 4. The number of nitrogen functional groups attached to an aromatic ring is 1. The SMILES string of the molecule is Nc1ccc2c(ccc3ccc4c(c32)NC(c2ccccc2)S4)c1. The predicted molar refractivity (Wildman–Crippen MR) is 105 cm³/mol. The minimum Gasteiger partial charge on any atom is -0.399 e. The van der Waals surface area contributed by atoms with E-state index in [1.807, 2.05) is 23.9 Å². The van der Waals surface area contributed by atoms with Crippen LogP contribution in [0.15, 0.2) is 77.7 Å². The summed E-state index contributed by atoms with van der Waals surface area (Å²) in [6.45, 7) is 0. The molecular weight excluding hydrogens is 312 g/mol. The number of hydrogen-bond acceptors (Lipinski definition) is 3. The number of nitrogens with two attached hydrogens (primary N) is 1. The molecule has 3 N–H and O–H groups in total. The topological polar surface area (TPSA) is 38.0 Å². The molecule has 24 heavy (non-hydrogen) atoms. The average molecular weight is 328 g/mol. The maximum Gasteiger partial charge on any atom is 0.103 e. The molecule has 1 unspecified atom stereocenters. The number of rotatable bonds is 1. The van der Waals surface area contributed by atoms with Crippen LogP contribution in [0.3, 0.4) is 0 Å². The number of nitrogens with one attached hydrogen (secondary N) is 1. The second-order valence-electron chi connectivity index (χ2n) is 6.14. The maximum atomic E-state index is 5.96. The molecule has 0 fully saturated rings. The Labute approximate surface area is 144 Å². The van der Waals surface area contributed by atoms with Crippen molar-refractivity contribution in [1.29, 1.82) is 0 Å². The first-order chi connectivity index (χ1) is 11.8. The van der Waals surface area contributed by atoms with Crippen molar-refractivity contribution < 1.29 is 0 Å². The molecule has 0 aromatic heterocycles. The molecule has 1 aliphatic rings. The fourth-order valence-corrected chi connectivity index (χ4v) is 4.61. The van der Waals surface area contributed by atoms with Gasteiger partial charge in [-0.3, -0.25) is 0 Å². The summed E-state index contributed by atoms with van der Waals surface area (Å²) in [6.07, 6.45) is 0. The third-order valence-electron chi connectivity index (χ3n) is 4.61. The van der Waals surface area contributed by atoms with Gasteiger partial charge in [-0.25, -0.2) is 0 Å². The lowest BCUT2D eigenvalue weighted by molar-refractivity contribution is 1.14. The van der Waals surface area contributed by atoms with Gasteiger partial charge < -0.3 is 11.1 Å². The Hall–Kier alpha value is -2.65. The van der Waals surface area contributed by atoms with Crippen LogP contribution in [0.1, 0.15) is 10.9 Å². The molecule has 0 amide bonds. The highest BCUT2D eigenvalue weighted by Gasteiger charge is 2.25. The lowest BCUT2D eigenvalue weighted by Crippen LogP contribution is -2.01. The molecule has 3 heteroatoms. The van der Waals surface area contributed by atoms with Crippen LogP contribution in [0.5, 0.6) is 0 Å². The van der Waals surface area contributed by atoms with Crippen molar-refractivity contribution >= 4 is 44.7 Å². The molecule has 1 atom stereocenters. The monoisotopic (exact) mass is 328 g/mol. The highest BCUT2D eigenvalue weighted by atomic mass is 32.2. The first kappa shape index (κ1) is 13.8. The highest BCUT2D eigenvalue weighted by Crippen LogP contribution is 2.50. The molecule has 4 aromatic carbocycles. The van der Waals surface area contributed by atoms with E-state index in [0.29, 0.717) is 0 Å². The van der Waals surface area contributed by atoms with Crippen LogP contribution in [-0.4, -0.2) is 0 Å². The van der Waals surface area contributed by atoms with Gasteiger partial charge in [0, 0.05) is 16.0 Å². The van der Waals surface area contributed by atoms with Crippen LogP contribution in [0.4, 0.5) is 11.4 Å². The minimum absolute atomic E-state index is 0.260. The van der Waals surface area contributed by atoms with Gasteiger partial charge in [-0.1, -0.05) is 66.4 Å². The van der Waals surface area contributed by atoms with Gasteiger partial charge >= 0.3 is 0 Å². The van der Waals surface area contributed by atoms with E-state index in [-0.39, 0.29) is 5.37 Å². The van der Waals surface area contributed by atoms with E-state index >= 15 is 0 Å². The van der Waals surface area contributed by atoms with Crippen LogP contribution in [-0.2, 0) is 0 Å². The first-order valence-electron chi connectivity index (χ1n) is 8.03. The molecule has 4 aromatic rings. The Morgan fingerprint density at radius 1 is 0.833 bits per heavy atom. The minimum atomic E-state index is 0.260. The Morgan fingerprint density at radius 2 is 1.62 bits per heavy atom. The van der Waals surface area contributed by atoms with Gasteiger partial charge in [0.25, 0.3) is 0 Å². The molecule has 0 bridgehead atoms. The Morgan fingerprint density at radius 3 is 2.50 bits per heavy atom. The summed E-state index contributed by atoms with van der Waals surface area (Å²) >= 11 is 1.88. The third-order valence-corrected chi connectivity index (χ3v) is 5.83. The van der Waals surface area contributed by atoms with Crippen LogP contribution < -0.4 is 11.1 Å². The van der Waals surface area contributed by atoms with Gasteiger partial charge in [0.15, 0.2) is 0 Å². The smallest absolute Gasteiger partial charge is 0.103 e. The largest absolute Gasteiger partial charge is 0.399 e. The summed E-state index contributed by atoms with van der Waals surface area (Å²) < 4.78 is 0. The van der Waals surface area contributed by atoms with Crippen molar-refractivity contribution in [2.45, 2.75) is 10.3 Å². The number of hydrogen-bond donors (Lipinski definition) is 2. The van der Waals surface area contributed by atoms with Crippen LogP contribution in [0, 0.1) is 0 Å². The fourth-order valence-electron chi connectivity index (χ4n) is 3.46. The van der Waals surface area contributed by atoms with E-state index in [0.717, 1.165) is 5.69 Å². The van der Waals surface area contributed by atoms with Gasteiger partial charge in [-0.15, -0.1) is 0 Å². The lowest BCUT2D eigenvalue weighted by atomic mass is 10.00. The lowest BCUT2D eigenvalue weighted by Gasteiger charge is -2.12. The molecule has 1 aliphatic heterocycles. The zero-order valence-electron chi connectivity index (χ0n) is 13.0. The third kappa shape index (κ3) is 2.05. The van der Waals surface area contributed by atoms with Gasteiger partial charge in [-0.05, 0) is 39.9 Å². The van der Waals surface area contributed by atoms with Crippen molar-refractivity contribution in [3.8, 4) is 0 Å². The van der Waals surface area contributed by atoms with Crippen molar-refractivity contribution in [3.63, 3.8) is 0 Å². The van der Waals surface area contributed by atoms with E-state index in [4.69, 9.17) is 5.73 Å². The Kier molecular flexibility index (Phi) is 2.97. The molecule has 1 heterocycles. The molecular formula is C21H16N2S. The second kappa shape index (κ2) is 5.18. The number of anilines is 2. The summed E-state index contributed by atoms with van der Waals surface area (Å²) in [5, 5.41) is 8.97. The quantitative estimate of drug-likeness (QED) is 0.343. The van der Waals surface area contributed by atoms with Crippen molar-refractivity contribution in [1.82, 2.24) is 0 Å². The van der Waals surface area contributed by atoms with E-state index in [2.05, 4.69) is 66.0 Å². The predicted octanol–water partition coefficient (Wildman–Crippen LogP) is 5.79. The van der Waals surface area contributed by atoms with Gasteiger partial charge in [0.05, 0.1) is 5.69 Å². The van der Waals surface area contributed by atoms with E-state index in [1.54, 1.807) is 0 Å². The summed E-state index contributed by atoms with van der Waals surface area (Å²) in [6, 6.07) is 25.5. The first-order valence-corrected chi connectivity index (χ1v) is 8.91. The van der Waals surface area contributed by atoms with Crippen LogP contribution in [0.2, 0.25) is 0 Å². The summed E-state index contributed by atoms with van der Waals surface area (Å²) in [7, 11) is 0. The van der Waals surface area contributed by atoms with Gasteiger partial charge in [-0.2, -0.15) is 0 Å². The molecule has 0 saturated heterocycles. The number of fused-ring (bicyclic) bond motifs is 5. The van der Waals surface area contributed by atoms with Gasteiger partial charge in [0.2, 0.25) is 0 Å². The normalized spacial score (nSPS) is 16.2. The van der Waals surface area contributed by atoms with Gasteiger partial charge in [0.1, 0.15) is 5.37 Å². The van der Waals surface area contributed by atoms with Crippen LogP contribution in [0.25, 0.3) is 21.5 Å². The molecule has 2 nitrogen and oxygen atoms in total. The zero-order chi connectivity index (χ0) is 16.1. The van der Waals surface area contributed by atoms with E-state index < -0.39 is 0 Å². The Balaban J connectivity index is 1.73.